The Morgan fingerprint density at radius 3 is 3.00 bits per heavy atom. The van der Waals surface area contributed by atoms with E-state index >= 15 is 0 Å². The van der Waals surface area contributed by atoms with Crippen LogP contribution in [0, 0.1) is 0 Å². The average Bonchev–Trinajstić information content (AvgIpc) is 2.75. The van der Waals surface area contributed by atoms with Crippen LogP contribution in [0.15, 0.2) is 27.4 Å². The van der Waals surface area contributed by atoms with Gasteiger partial charge in [0.25, 0.3) is 0 Å². The molecule has 0 aliphatic rings. The number of furan rings is 1. The Bertz CT molecular complexity index is 377. The maximum absolute atomic E-state index is 10.3. The van der Waals surface area contributed by atoms with Crippen LogP contribution in [0.5, 0.6) is 0 Å². The van der Waals surface area contributed by atoms with E-state index in [1.54, 1.807) is 17.6 Å². The lowest BCUT2D eigenvalue weighted by molar-refractivity contribution is 0.110. The molecule has 2 rings (SSSR count). The van der Waals surface area contributed by atoms with Crippen molar-refractivity contribution in [2.75, 3.05) is 0 Å². The first kappa shape index (κ1) is 7.24. The van der Waals surface area contributed by atoms with E-state index in [0.717, 1.165) is 5.69 Å². The summed E-state index contributed by atoms with van der Waals surface area (Å²) in [5.41, 5.74) is 2.49. The molecule has 0 aliphatic carbocycles. The molecule has 0 saturated carbocycles. The number of rotatable bonds is 2. The number of hydrogen-bond acceptors (Lipinski definition) is 4. The second-order valence-electron chi connectivity index (χ2n) is 2.19. The molecule has 0 bridgehead atoms. The number of aldehydes is 1. The SMILES string of the molecule is O=Cc1ccc(-c2cscn2)o1. The highest BCUT2D eigenvalue weighted by atomic mass is 32.1. The highest BCUT2D eigenvalue weighted by Gasteiger charge is 2.04. The Morgan fingerprint density at radius 2 is 2.42 bits per heavy atom. The van der Waals surface area contributed by atoms with Crippen molar-refractivity contribution in [3.63, 3.8) is 0 Å². The summed E-state index contributed by atoms with van der Waals surface area (Å²) >= 11 is 1.49. The molecule has 2 aromatic heterocycles. The van der Waals surface area contributed by atoms with Crippen LogP contribution in [-0.4, -0.2) is 11.3 Å². The third-order valence-electron chi connectivity index (χ3n) is 1.43. The predicted octanol–water partition coefficient (Wildman–Crippen LogP) is 2.22. The summed E-state index contributed by atoms with van der Waals surface area (Å²) in [5.74, 6) is 0.969. The van der Waals surface area contributed by atoms with E-state index in [4.69, 9.17) is 4.42 Å². The van der Waals surface area contributed by atoms with Crippen molar-refractivity contribution >= 4 is 17.6 Å². The molecular weight excluding hydrogens is 174 g/mol. The highest BCUT2D eigenvalue weighted by Crippen LogP contribution is 2.20. The van der Waals surface area contributed by atoms with E-state index in [0.29, 0.717) is 17.8 Å². The third-order valence-corrected chi connectivity index (χ3v) is 2.01. The minimum atomic E-state index is 0.331. The molecule has 0 spiro atoms. The Kier molecular flexibility index (Phi) is 1.75. The number of aromatic nitrogens is 1. The van der Waals surface area contributed by atoms with Crippen LogP contribution in [0.3, 0.4) is 0 Å². The van der Waals surface area contributed by atoms with Gasteiger partial charge >= 0.3 is 0 Å². The molecule has 0 atom stereocenters. The molecule has 0 unspecified atom stereocenters. The smallest absolute Gasteiger partial charge is 0.185 e. The van der Waals surface area contributed by atoms with Gasteiger partial charge in [0.1, 0.15) is 5.69 Å². The fourth-order valence-electron chi connectivity index (χ4n) is 0.888. The summed E-state index contributed by atoms with van der Waals surface area (Å²) in [5, 5.41) is 1.87. The van der Waals surface area contributed by atoms with Crippen LogP contribution < -0.4 is 0 Å². The fraction of sp³-hybridized carbons (Fsp3) is 0. The number of nitrogens with zero attached hydrogens (tertiary/aromatic N) is 1. The second-order valence-corrected chi connectivity index (χ2v) is 2.91. The van der Waals surface area contributed by atoms with Crippen LogP contribution in [0.25, 0.3) is 11.5 Å². The maximum Gasteiger partial charge on any atom is 0.185 e. The molecule has 2 heterocycles. The van der Waals surface area contributed by atoms with Crippen LogP contribution >= 0.6 is 11.3 Å². The van der Waals surface area contributed by atoms with E-state index in [1.807, 2.05) is 5.38 Å². The zero-order valence-corrected chi connectivity index (χ0v) is 6.88. The number of carbonyl (C=O) groups excluding carboxylic acids is 1. The zero-order chi connectivity index (χ0) is 8.39. The Labute approximate surface area is 72.7 Å². The average molecular weight is 179 g/mol. The van der Waals surface area contributed by atoms with E-state index in [-0.39, 0.29) is 0 Å². The Hall–Kier alpha value is -1.42. The van der Waals surface area contributed by atoms with E-state index in [9.17, 15) is 4.79 Å². The van der Waals surface area contributed by atoms with Crippen molar-refractivity contribution in [1.82, 2.24) is 4.98 Å². The molecule has 12 heavy (non-hydrogen) atoms. The molecule has 2 aromatic rings. The monoisotopic (exact) mass is 179 g/mol. The number of carbonyl (C=O) groups is 1. The minimum absolute atomic E-state index is 0.331. The van der Waals surface area contributed by atoms with Gasteiger partial charge in [-0.3, -0.25) is 4.79 Å². The molecule has 4 heteroatoms. The first-order valence-electron chi connectivity index (χ1n) is 3.34. The summed E-state index contributed by atoms with van der Waals surface area (Å²) in [4.78, 5) is 14.3. The van der Waals surface area contributed by atoms with E-state index in [2.05, 4.69) is 4.98 Å². The topological polar surface area (TPSA) is 43.1 Å². The predicted molar refractivity (Wildman–Crippen MR) is 45.2 cm³/mol. The lowest BCUT2D eigenvalue weighted by Gasteiger charge is -1.85. The number of hydrogen-bond donors (Lipinski definition) is 0. The molecule has 60 valence electrons. The van der Waals surface area contributed by atoms with Crippen molar-refractivity contribution < 1.29 is 9.21 Å². The quantitative estimate of drug-likeness (QED) is 0.664. The normalized spacial score (nSPS) is 10.0. The second kappa shape index (κ2) is 2.91. The largest absolute Gasteiger partial charge is 0.452 e. The zero-order valence-electron chi connectivity index (χ0n) is 6.06. The first-order valence-corrected chi connectivity index (χ1v) is 4.28. The van der Waals surface area contributed by atoms with Gasteiger partial charge in [0, 0.05) is 5.38 Å². The van der Waals surface area contributed by atoms with E-state index < -0.39 is 0 Å². The molecule has 0 aliphatic heterocycles. The van der Waals surface area contributed by atoms with Gasteiger partial charge in [0.05, 0.1) is 5.51 Å². The molecule has 0 saturated heterocycles. The van der Waals surface area contributed by atoms with Crippen molar-refractivity contribution in [3.05, 3.63) is 28.8 Å². The number of thiazole rings is 1. The van der Waals surface area contributed by atoms with Crippen LogP contribution in [0.2, 0.25) is 0 Å². The first-order chi connectivity index (χ1) is 5.90. The summed E-state index contributed by atoms with van der Waals surface area (Å²) in [7, 11) is 0. The van der Waals surface area contributed by atoms with Gasteiger partial charge in [-0.25, -0.2) is 4.98 Å². The van der Waals surface area contributed by atoms with Gasteiger partial charge in [-0.2, -0.15) is 0 Å². The Morgan fingerprint density at radius 1 is 1.50 bits per heavy atom. The standard InChI is InChI=1S/C8H5NO2S/c10-3-6-1-2-8(11-6)7-4-12-5-9-7/h1-5H. The van der Waals surface area contributed by atoms with Crippen LogP contribution in [0.4, 0.5) is 0 Å². The van der Waals surface area contributed by atoms with Crippen LogP contribution in [-0.2, 0) is 0 Å². The Balaban J connectivity index is 2.41. The van der Waals surface area contributed by atoms with Crippen LogP contribution in [0.1, 0.15) is 10.6 Å². The van der Waals surface area contributed by atoms with Gasteiger partial charge in [0.15, 0.2) is 17.8 Å². The molecular formula is C8H5NO2S. The molecule has 3 nitrogen and oxygen atoms in total. The van der Waals surface area contributed by atoms with Crippen molar-refractivity contribution in [1.29, 1.82) is 0 Å². The minimum Gasteiger partial charge on any atom is -0.452 e. The molecule has 0 radical (unpaired) electrons. The third kappa shape index (κ3) is 1.16. The molecule has 0 N–H and O–H groups in total. The molecule has 0 amide bonds. The molecule has 0 fully saturated rings. The van der Waals surface area contributed by atoms with Gasteiger partial charge in [-0.05, 0) is 12.1 Å². The van der Waals surface area contributed by atoms with Gasteiger partial charge < -0.3 is 4.42 Å². The van der Waals surface area contributed by atoms with E-state index in [1.165, 1.54) is 11.3 Å². The van der Waals surface area contributed by atoms with Crippen molar-refractivity contribution in [3.8, 4) is 11.5 Å². The van der Waals surface area contributed by atoms with Crippen molar-refractivity contribution in [2.45, 2.75) is 0 Å². The lowest BCUT2D eigenvalue weighted by Crippen LogP contribution is -1.71. The van der Waals surface area contributed by atoms with Gasteiger partial charge in [-0.1, -0.05) is 0 Å². The summed E-state index contributed by atoms with van der Waals surface area (Å²) in [6.07, 6.45) is 0.676. The van der Waals surface area contributed by atoms with Gasteiger partial charge in [0.2, 0.25) is 0 Å². The summed E-state index contributed by atoms with van der Waals surface area (Å²) in [6, 6.07) is 3.36. The van der Waals surface area contributed by atoms with Gasteiger partial charge in [-0.15, -0.1) is 11.3 Å². The highest BCUT2D eigenvalue weighted by molar-refractivity contribution is 7.07. The summed E-state index contributed by atoms with van der Waals surface area (Å²) < 4.78 is 5.15. The summed E-state index contributed by atoms with van der Waals surface area (Å²) in [6.45, 7) is 0. The maximum atomic E-state index is 10.3. The molecule has 0 aromatic carbocycles. The lowest BCUT2D eigenvalue weighted by atomic mass is 10.4. The van der Waals surface area contributed by atoms with Crippen molar-refractivity contribution in [2.24, 2.45) is 0 Å². The fourth-order valence-corrected chi connectivity index (χ4v) is 1.43.